The summed E-state index contributed by atoms with van der Waals surface area (Å²) in [6.07, 6.45) is 0.893. The molecule has 0 saturated carbocycles. The average molecular weight is 289 g/mol. The first kappa shape index (κ1) is 14.6. The van der Waals surface area contributed by atoms with Crippen molar-refractivity contribution in [1.82, 2.24) is 0 Å². The molecule has 0 heterocycles. The van der Waals surface area contributed by atoms with E-state index in [9.17, 15) is 4.79 Å². The Morgan fingerprint density at radius 1 is 1.05 bits per heavy atom. The van der Waals surface area contributed by atoms with Gasteiger partial charge in [-0.3, -0.25) is 4.79 Å². The Balaban J connectivity index is 2.00. The lowest BCUT2D eigenvalue weighted by Crippen LogP contribution is -2.12. The van der Waals surface area contributed by atoms with Crippen molar-refractivity contribution in [2.45, 2.75) is 18.2 Å². The number of ether oxygens (including phenoxy) is 1. The van der Waals surface area contributed by atoms with E-state index in [4.69, 9.17) is 11.6 Å². The molecule has 0 spiro atoms. The minimum Gasteiger partial charge on any atom is -0.469 e. The van der Waals surface area contributed by atoms with E-state index >= 15 is 0 Å². The van der Waals surface area contributed by atoms with Crippen molar-refractivity contribution in [1.29, 1.82) is 0 Å². The highest BCUT2D eigenvalue weighted by atomic mass is 35.5. The normalized spacial score (nSPS) is 11.9. The van der Waals surface area contributed by atoms with Gasteiger partial charge in [-0.05, 0) is 23.1 Å². The Hall–Kier alpha value is -1.80. The van der Waals surface area contributed by atoms with Crippen molar-refractivity contribution in [3.8, 4) is 11.1 Å². The number of carbonyl (C=O) groups is 1. The van der Waals surface area contributed by atoms with E-state index in [0.717, 1.165) is 5.56 Å². The summed E-state index contributed by atoms with van der Waals surface area (Å²) in [5.41, 5.74) is 3.48. The third-order valence-electron chi connectivity index (χ3n) is 3.13. The van der Waals surface area contributed by atoms with E-state index in [2.05, 4.69) is 41.1 Å². The van der Waals surface area contributed by atoms with Gasteiger partial charge in [0.1, 0.15) is 0 Å². The highest BCUT2D eigenvalue weighted by Gasteiger charge is 2.12. The lowest BCUT2D eigenvalue weighted by Gasteiger charge is -2.09. The SMILES string of the molecule is COC(=O)CC(Cl)Cc1ccc(-c2ccccc2)cc1. The molecule has 2 nitrogen and oxygen atoms in total. The van der Waals surface area contributed by atoms with Crippen LogP contribution in [0.1, 0.15) is 12.0 Å². The smallest absolute Gasteiger partial charge is 0.307 e. The van der Waals surface area contributed by atoms with Crippen molar-refractivity contribution in [3.05, 3.63) is 60.2 Å². The molecule has 1 atom stereocenters. The molecule has 0 aromatic heterocycles. The summed E-state index contributed by atoms with van der Waals surface area (Å²) in [7, 11) is 1.38. The number of esters is 1. The molecule has 3 heteroatoms. The summed E-state index contributed by atoms with van der Waals surface area (Å²) in [6, 6.07) is 18.5. The largest absolute Gasteiger partial charge is 0.469 e. The molecule has 0 amide bonds. The lowest BCUT2D eigenvalue weighted by atomic mass is 10.0. The molecule has 0 aliphatic rings. The van der Waals surface area contributed by atoms with Crippen LogP contribution >= 0.6 is 11.6 Å². The first-order valence-electron chi connectivity index (χ1n) is 6.54. The standard InChI is InChI=1S/C17H17ClO2/c1-20-17(19)12-16(18)11-13-7-9-15(10-8-13)14-5-3-2-4-6-14/h2-10,16H,11-12H2,1H3. The monoisotopic (exact) mass is 288 g/mol. The van der Waals surface area contributed by atoms with E-state index in [1.165, 1.54) is 18.2 Å². The van der Waals surface area contributed by atoms with E-state index in [1.54, 1.807) is 0 Å². The molecule has 104 valence electrons. The zero-order valence-electron chi connectivity index (χ0n) is 11.4. The quantitative estimate of drug-likeness (QED) is 0.612. The maximum Gasteiger partial charge on any atom is 0.307 e. The number of alkyl halides is 1. The van der Waals surface area contributed by atoms with Crippen LogP contribution in [0.25, 0.3) is 11.1 Å². The molecule has 0 fully saturated rings. The van der Waals surface area contributed by atoms with Crippen molar-refractivity contribution in [2.24, 2.45) is 0 Å². The molecule has 0 saturated heterocycles. The van der Waals surface area contributed by atoms with Crippen molar-refractivity contribution < 1.29 is 9.53 Å². The van der Waals surface area contributed by atoms with Gasteiger partial charge in [0.05, 0.1) is 13.5 Å². The van der Waals surface area contributed by atoms with Gasteiger partial charge in [-0.15, -0.1) is 11.6 Å². The number of carbonyl (C=O) groups excluding carboxylic acids is 1. The molecule has 0 N–H and O–H groups in total. The second-order valence-electron chi connectivity index (χ2n) is 4.64. The molecule has 2 aromatic carbocycles. The van der Waals surface area contributed by atoms with Crippen LogP contribution in [-0.4, -0.2) is 18.5 Å². The van der Waals surface area contributed by atoms with Crippen molar-refractivity contribution in [3.63, 3.8) is 0 Å². The molecule has 0 aliphatic carbocycles. The molecular weight excluding hydrogens is 272 g/mol. The van der Waals surface area contributed by atoms with Gasteiger partial charge >= 0.3 is 5.97 Å². The van der Waals surface area contributed by atoms with Crippen LogP contribution in [0.15, 0.2) is 54.6 Å². The van der Waals surface area contributed by atoms with E-state index in [-0.39, 0.29) is 17.8 Å². The molecular formula is C17H17ClO2. The maximum absolute atomic E-state index is 11.1. The van der Waals surface area contributed by atoms with Crippen LogP contribution in [0.3, 0.4) is 0 Å². The fourth-order valence-corrected chi connectivity index (χ4v) is 2.36. The van der Waals surface area contributed by atoms with Crippen LogP contribution in [0.5, 0.6) is 0 Å². The Morgan fingerprint density at radius 3 is 2.25 bits per heavy atom. The second kappa shape index (κ2) is 7.11. The van der Waals surface area contributed by atoms with Crippen LogP contribution in [0.2, 0.25) is 0 Å². The van der Waals surface area contributed by atoms with Gasteiger partial charge in [0.15, 0.2) is 0 Å². The van der Waals surface area contributed by atoms with E-state index in [1.807, 2.05) is 18.2 Å². The molecule has 0 aliphatic heterocycles. The topological polar surface area (TPSA) is 26.3 Å². The average Bonchev–Trinajstić information content (AvgIpc) is 2.48. The molecule has 20 heavy (non-hydrogen) atoms. The summed E-state index contributed by atoms with van der Waals surface area (Å²) in [4.78, 5) is 11.1. The Kier molecular flexibility index (Phi) is 5.19. The van der Waals surface area contributed by atoms with E-state index in [0.29, 0.717) is 6.42 Å². The first-order valence-corrected chi connectivity index (χ1v) is 6.98. The second-order valence-corrected chi connectivity index (χ2v) is 5.26. The maximum atomic E-state index is 11.1. The zero-order valence-corrected chi connectivity index (χ0v) is 12.1. The third kappa shape index (κ3) is 4.10. The number of hydrogen-bond acceptors (Lipinski definition) is 2. The molecule has 2 rings (SSSR count). The number of rotatable bonds is 5. The summed E-state index contributed by atoms with van der Waals surface area (Å²) in [6.45, 7) is 0. The minimum atomic E-state index is -0.272. The molecule has 0 radical (unpaired) electrons. The summed E-state index contributed by atoms with van der Waals surface area (Å²) < 4.78 is 4.61. The van der Waals surface area contributed by atoms with Gasteiger partial charge in [0, 0.05) is 5.38 Å². The molecule has 1 unspecified atom stereocenters. The first-order chi connectivity index (χ1) is 9.69. The lowest BCUT2D eigenvalue weighted by molar-refractivity contribution is -0.140. The van der Waals surface area contributed by atoms with Gasteiger partial charge < -0.3 is 4.74 Å². The minimum absolute atomic E-state index is 0.231. The summed E-state index contributed by atoms with van der Waals surface area (Å²) in [5, 5.41) is -0.231. The fourth-order valence-electron chi connectivity index (χ4n) is 2.06. The van der Waals surface area contributed by atoms with E-state index < -0.39 is 0 Å². The summed E-state index contributed by atoms with van der Waals surface area (Å²) >= 11 is 6.14. The van der Waals surface area contributed by atoms with Crippen molar-refractivity contribution >= 4 is 17.6 Å². The predicted octanol–water partition coefficient (Wildman–Crippen LogP) is 4.07. The van der Waals surface area contributed by atoms with Crippen molar-refractivity contribution in [2.75, 3.05) is 7.11 Å². The highest BCUT2D eigenvalue weighted by molar-refractivity contribution is 6.21. The van der Waals surface area contributed by atoms with Crippen LogP contribution in [0, 0.1) is 0 Å². The van der Waals surface area contributed by atoms with Gasteiger partial charge in [0.2, 0.25) is 0 Å². The van der Waals surface area contributed by atoms with Gasteiger partial charge in [-0.25, -0.2) is 0 Å². The van der Waals surface area contributed by atoms with Crippen LogP contribution < -0.4 is 0 Å². The predicted molar refractivity (Wildman–Crippen MR) is 81.9 cm³/mol. The van der Waals surface area contributed by atoms with Crippen LogP contribution in [-0.2, 0) is 16.0 Å². The van der Waals surface area contributed by atoms with Gasteiger partial charge in [0.25, 0.3) is 0 Å². The Labute approximate surface area is 124 Å². The fraction of sp³-hybridized carbons (Fsp3) is 0.235. The molecule has 0 bridgehead atoms. The zero-order chi connectivity index (χ0) is 14.4. The van der Waals surface area contributed by atoms with Crippen LogP contribution in [0.4, 0.5) is 0 Å². The number of hydrogen-bond donors (Lipinski definition) is 0. The Bertz CT molecular complexity index is 549. The molecule has 2 aromatic rings. The number of benzene rings is 2. The Morgan fingerprint density at radius 2 is 1.65 bits per heavy atom. The number of halogens is 1. The number of methoxy groups -OCH3 is 1. The van der Waals surface area contributed by atoms with Gasteiger partial charge in [-0.2, -0.15) is 0 Å². The third-order valence-corrected chi connectivity index (χ3v) is 3.44. The summed E-state index contributed by atoms with van der Waals surface area (Å²) in [5.74, 6) is -0.272. The highest BCUT2D eigenvalue weighted by Crippen LogP contribution is 2.20. The van der Waals surface area contributed by atoms with Gasteiger partial charge in [-0.1, -0.05) is 54.6 Å².